The highest BCUT2D eigenvalue weighted by Crippen LogP contribution is 2.41. The van der Waals surface area contributed by atoms with Crippen LogP contribution in [0.1, 0.15) is 33.5 Å². The van der Waals surface area contributed by atoms with Crippen molar-refractivity contribution >= 4 is 11.8 Å². The van der Waals surface area contributed by atoms with Crippen molar-refractivity contribution in [3.05, 3.63) is 94.3 Å². The Morgan fingerprint density at radius 2 is 1.50 bits per heavy atom. The zero-order valence-corrected chi connectivity index (χ0v) is 21.1. The molecule has 2 fully saturated rings. The van der Waals surface area contributed by atoms with E-state index in [1.165, 1.54) is 31.3 Å². The zero-order chi connectivity index (χ0) is 27.0. The maximum Gasteiger partial charge on any atom is 0.260 e. The van der Waals surface area contributed by atoms with E-state index in [2.05, 4.69) is 0 Å². The molecule has 9 heteroatoms. The molecule has 3 aromatic carbocycles. The second-order valence-electron chi connectivity index (χ2n) is 9.71. The maximum atomic E-state index is 14.8. The summed E-state index contributed by atoms with van der Waals surface area (Å²) in [6, 6.07) is 15.0. The van der Waals surface area contributed by atoms with Gasteiger partial charge < -0.3 is 19.3 Å². The second-order valence-corrected chi connectivity index (χ2v) is 9.71. The number of benzene rings is 3. The van der Waals surface area contributed by atoms with E-state index in [-0.39, 0.29) is 42.7 Å². The van der Waals surface area contributed by atoms with Crippen molar-refractivity contribution in [1.29, 1.82) is 0 Å². The monoisotopic (exact) mass is 524 g/mol. The Morgan fingerprint density at radius 1 is 0.895 bits per heavy atom. The number of methoxy groups -OCH3 is 2. The lowest BCUT2D eigenvalue weighted by Gasteiger charge is -2.62. The molecule has 0 bridgehead atoms. The van der Waals surface area contributed by atoms with Crippen LogP contribution in [0.2, 0.25) is 0 Å². The number of hydrogen-bond acceptors (Lipinski definition) is 4. The molecule has 0 aliphatic carbocycles. The van der Waals surface area contributed by atoms with Crippen molar-refractivity contribution in [2.24, 2.45) is 0 Å². The third-order valence-corrected chi connectivity index (χ3v) is 7.49. The Hall–Kier alpha value is -4.01. The van der Waals surface area contributed by atoms with E-state index in [0.29, 0.717) is 19.4 Å². The van der Waals surface area contributed by atoms with Crippen LogP contribution in [0.4, 0.5) is 13.2 Å². The summed E-state index contributed by atoms with van der Waals surface area (Å²) in [5.74, 6) is -3.94. The molecule has 0 aromatic heterocycles. The first-order valence-electron chi connectivity index (χ1n) is 12.3. The summed E-state index contributed by atoms with van der Waals surface area (Å²) in [6.45, 7) is 0.928. The minimum Gasteiger partial charge on any atom is -0.494 e. The van der Waals surface area contributed by atoms with Crippen molar-refractivity contribution in [3.8, 4) is 11.5 Å². The van der Waals surface area contributed by atoms with Crippen LogP contribution in [0, 0.1) is 17.5 Å². The molecular formula is C29H27F3N2O4. The number of ether oxygens (including phenoxy) is 2. The predicted molar refractivity (Wildman–Crippen MR) is 134 cm³/mol. The van der Waals surface area contributed by atoms with Gasteiger partial charge in [-0.2, -0.15) is 0 Å². The van der Waals surface area contributed by atoms with Gasteiger partial charge in [0.15, 0.2) is 23.1 Å². The largest absolute Gasteiger partial charge is 0.494 e. The summed E-state index contributed by atoms with van der Waals surface area (Å²) in [7, 11) is 2.44. The number of likely N-dealkylation sites (tertiary alicyclic amines) is 2. The fraction of sp³-hybridized carbons (Fsp3) is 0.310. The van der Waals surface area contributed by atoms with Crippen LogP contribution >= 0.6 is 0 Å². The lowest BCUT2D eigenvalue weighted by Crippen LogP contribution is -2.78. The van der Waals surface area contributed by atoms with Gasteiger partial charge in [0.1, 0.15) is 11.4 Å². The molecule has 2 amide bonds. The Labute approximate surface area is 218 Å². The van der Waals surface area contributed by atoms with E-state index >= 15 is 0 Å². The van der Waals surface area contributed by atoms with E-state index in [1.807, 2.05) is 24.3 Å². The number of halogens is 3. The fourth-order valence-corrected chi connectivity index (χ4v) is 5.28. The summed E-state index contributed by atoms with van der Waals surface area (Å²) in [5.41, 5.74) is 1.53. The summed E-state index contributed by atoms with van der Waals surface area (Å²) in [5, 5.41) is 0. The van der Waals surface area contributed by atoms with Gasteiger partial charge in [-0.15, -0.1) is 0 Å². The van der Waals surface area contributed by atoms with Crippen LogP contribution in [0.15, 0.2) is 54.6 Å². The molecule has 1 spiro atoms. The van der Waals surface area contributed by atoms with Crippen molar-refractivity contribution in [3.63, 3.8) is 0 Å². The summed E-state index contributed by atoms with van der Waals surface area (Å²) < 4.78 is 52.8. The van der Waals surface area contributed by atoms with Crippen LogP contribution < -0.4 is 9.47 Å². The highest BCUT2D eigenvalue weighted by atomic mass is 19.1. The van der Waals surface area contributed by atoms with Crippen molar-refractivity contribution in [1.82, 2.24) is 9.80 Å². The fourth-order valence-electron chi connectivity index (χ4n) is 5.28. The van der Waals surface area contributed by atoms with Crippen LogP contribution in [0.3, 0.4) is 0 Å². The van der Waals surface area contributed by atoms with E-state index in [1.54, 1.807) is 17.0 Å². The van der Waals surface area contributed by atoms with Gasteiger partial charge in [-0.25, -0.2) is 13.2 Å². The Kier molecular flexibility index (Phi) is 6.77. The molecule has 2 aliphatic rings. The minimum absolute atomic E-state index is 0.0738. The summed E-state index contributed by atoms with van der Waals surface area (Å²) in [4.78, 5) is 29.4. The maximum absolute atomic E-state index is 14.8. The molecular weight excluding hydrogens is 497 g/mol. The van der Waals surface area contributed by atoms with Gasteiger partial charge in [0.05, 0.1) is 26.2 Å². The average molecular weight is 525 g/mol. The van der Waals surface area contributed by atoms with Crippen LogP contribution in [0.25, 0.3) is 0 Å². The molecule has 6 nitrogen and oxygen atoms in total. The molecule has 5 rings (SSSR count). The Bertz CT molecular complexity index is 1360. The lowest BCUT2D eigenvalue weighted by atomic mass is 9.76. The second kappa shape index (κ2) is 10.0. The van der Waals surface area contributed by atoms with Crippen molar-refractivity contribution < 1.29 is 32.2 Å². The van der Waals surface area contributed by atoms with E-state index in [4.69, 9.17) is 9.47 Å². The van der Waals surface area contributed by atoms with Crippen LogP contribution in [-0.4, -0.2) is 61.0 Å². The molecule has 0 radical (unpaired) electrons. The van der Waals surface area contributed by atoms with E-state index in [9.17, 15) is 22.8 Å². The molecule has 0 N–H and O–H groups in total. The normalized spacial score (nSPS) is 15.6. The lowest BCUT2D eigenvalue weighted by molar-refractivity contribution is -0.161. The average Bonchev–Trinajstić information content (AvgIpc) is 2.85. The first-order chi connectivity index (χ1) is 18.3. The number of rotatable bonds is 7. The standard InChI is InChI=1S/C29H27F3N2O4/c1-37-22-15-23(38-2)27(32)25(26(22)31)28(36)33-16-29(17-33)11-12-34(29)24(35)14-20-6-4-3-5-19(20)13-18-7-9-21(30)10-8-18/h3-10,15H,11-14,16-17H2,1-2H3. The van der Waals surface area contributed by atoms with Gasteiger partial charge in [-0.05, 0) is 41.7 Å². The highest BCUT2D eigenvalue weighted by Gasteiger charge is 2.57. The third-order valence-electron chi connectivity index (χ3n) is 7.49. The molecule has 0 saturated carbocycles. The molecule has 38 heavy (non-hydrogen) atoms. The molecule has 0 atom stereocenters. The van der Waals surface area contributed by atoms with Crippen molar-refractivity contribution in [2.75, 3.05) is 33.9 Å². The number of nitrogens with zero attached hydrogens (tertiary/aromatic N) is 2. The van der Waals surface area contributed by atoms with Crippen LogP contribution in [0.5, 0.6) is 11.5 Å². The van der Waals surface area contributed by atoms with E-state index in [0.717, 1.165) is 22.8 Å². The van der Waals surface area contributed by atoms with Gasteiger partial charge in [-0.1, -0.05) is 36.4 Å². The molecule has 2 saturated heterocycles. The molecule has 2 heterocycles. The number of hydrogen-bond donors (Lipinski definition) is 0. The SMILES string of the molecule is COc1cc(OC)c(F)c(C(=O)N2CC3(CCN3C(=O)Cc3ccccc3Cc3ccc(F)cc3)C2)c1F. The van der Waals surface area contributed by atoms with Gasteiger partial charge >= 0.3 is 0 Å². The van der Waals surface area contributed by atoms with Gasteiger partial charge in [0.25, 0.3) is 5.91 Å². The van der Waals surface area contributed by atoms with Crippen LogP contribution in [-0.2, 0) is 17.6 Å². The quantitative estimate of drug-likeness (QED) is 0.460. The molecule has 0 unspecified atom stereocenters. The molecule has 2 aliphatic heterocycles. The van der Waals surface area contributed by atoms with E-state index < -0.39 is 28.6 Å². The Morgan fingerprint density at radius 3 is 2.05 bits per heavy atom. The van der Waals surface area contributed by atoms with Gasteiger partial charge in [-0.3, -0.25) is 9.59 Å². The minimum atomic E-state index is -1.09. The molecule has 198 valence electrons. The first-order valence-corrected chi connectivity index (χ1v) is 12.3. The number of carbonyl (C=O) groups is 2. The zero-order valence-electron chi connectivity index (χ0n) is 21.1. The van der Waals surface area contributed by atoms with Gasteiger partial charge in [0, 0.05) is 25.7 Å². The highest BCUT2D eigenvalue weighted by molar-refractivity contribution is 5.97. The van der Waals surface area contributed by atoms with Gasteiger partial charge in [0.2, 0.25) is 5.91 Å². The van der Waals surface area contributed by atoms with Crippen molar-refractivity contribution in [2.45, 2.75) is 24.8 Å². The number of carbonyl (C=O) groups excluding carboxylic acids is 2. The summed E-state index contributed by atoms with van der Waals surface area (Å²) >= 11 is 0. The molecule has 3 aromatic rings. The topological polar surface area (TPSA) is 59.1 Å². The smallest absolute Gasteiger partial charge is 0.260 e. The third kappa shape index (κ3) is 4.46. The first kappa shape index (κ1) is 25.6. The Balaban J connectivity index is 1.27. The predicted octanol–water partition coefficient (Wildman–Crippen LogP) is 4.38. The number of amides is 2. The summed E-state index contributed by atoms with van der Waals surface area (Å²) in [6.07, 6.45) is 1.45.